The summed E-state index contributed by atoms with van der Waals surface area (Å²) in [4.78, 5) is 2.15. The van der Waals surface area contributed by atoms with Gasteiger partial charge in [-0.1, -0.05) is 0 Å². The number of nitrogens with zero attached hydrogens (tertiary/aromatic N) is 1. The number of nitrogens with two attached hydrogens (primary N) is 1. The number of aryl methyl sites for hydroxylation is 1. The minimum absolute atomic E-state index is 0.177. The monoisotopic (exact) mass is 349 g/mol. The Kier molecular flexibility index (Phi) is 5.37. The SMILES string of the molecule is Cc1cc(Br)c(N)cc1S(=O)(=O)NC(C)CN(C)C. The molecule has 0 aromatic heterocycles. The van der Waals surface area contributed by atoms with Gasteiger partial charge in [-0.3, -0.25) is 0 Å². The van der Waals surface area contributed by atoms with E-state index in [0.29, 0.717) is 22.3 Å². The summed E-state index contributed by atoms with van der Waals surface area (Å²) in [7, 11) is 0.240. The van der Waals surface area contributed by atoms with Crippen molar-refractivity contribution in [1.29, 1.82) is 0 Å². The van der Waals surface area contributed by atoms with E-state index in [1.54, 1.807) is 13.0 Å². The Bertz CT molecular complexity index is 558. The Labute approximate surface area is 123 Å². The number of anilines is 1. The van der Waals surface area contributed by atoms with Crippen molar-refractivity contribution in [2.45, 2.75) is 24.8 Å². The zero-order chi connectivity index (χ0) is 14.8. The predicted octanol–water partition coefficient (Wildman–Crippen LogP) is 1.57. The van der Waals surface area contributed by atoms with E-state index in [2.05, 4.69) is 20.7 Å². The highest BCUT2D eigenvalue weighted by atomic mass is 79.9. The summed E-state index contributed by atoms with van der Waals surface area (Å²) in [5, 5.41) is 0. The standard InChI is InChI=1S/C12H20BrN3O2S/c1-8-5-10(13)11(14)6-12(8)19(17,18)15-9(2)7-16(3)4/h5-6,9,15H,7,14H2,1-4H3. The largest absolute Gasteiger partial charge is 0.398 e. The van der Waals surface area contributed by atoms with Crippen LogP contribution in [-0.2, 0) is 10.0 Å². The molecule has 0 aliphatic carbocycles. The molecule has 5 nitrogen and oxygen atoms in total. The predicted molar refractivity (Wildman–Crippen MR) is 81.6 cm³/mol. The fourth-order valence-electron chi connectivity index (χ4n) is 1.87. The zero-order valence-electron chi connectivity index (χ0n) is 11.6. The summed E-state index contributed by atoms with van der Waals surface area (Å²) in [6.07, 6.45) is 0. The third-order valence-electron chi connectivity index (χ3n) is 2.58. The van der Waals surface area contributed by atoms with Crippen LogP contribution in [0.5, 0.6) is 0 Å². The first-order valence-electron chi connectivity index (χ1n) is 5.86. The molecule has 0 spiro atoms. The van der Waals surface area contributed by atoms with Crippen LogP contribution in [0.25, 0.3) is 0 Å². The second kappa shape index (κ2) is 6.21. The summed E-state index contributed by atoms with van der Waals surface area (Å²) >= 11 is 3.28. The second-order valence-electron chi connectivity index (χ2n) is 4.92. The number of rotatable bonds is 5. The first kappa shape index (κ1) is 16.4. The van der Waals surface area contributed by atoms with Gasteiger partial charge in [-0.05, 0) is 61.6 Å². The van der Waals surface area contributed by atoms with E-state index in [4.69, 9.17) is 5.73 Å². The van der Waals surface area contributed by atoms with Crippen molar-refractivity contribution in [3.8, 4) is 0 Å². The van der Waals surface area contributed by atoms with Crippen molar-refractivity contribution in [3.63, 3.8) is 0 Å². The molecule has 19 heavy (non-hydrogen) atoms. The van der Waals surface area contributed by atoms with E-state index >= 15 is 0 Å². The van der Waals surface area contributed by atoms with Gasteiger partial charge in [-0.25, -0.2) is 13.1 Å². The van der Waals surface area contributed by atoms with Gasteiger partial charge in [0.05, 0.1) is 4.90 Å². The van der Waals surface area contributed by atoms with Gasteiger partial charge < -0.3 is 10.6 Å². The van der Waals surface area contributed by atoms with Gasteiger partial charge in [0.2, 0.25) is 10.0 Å². The quantitative estimate of drug-likeness (QED) is 0.791. The lowest BCUT2D eigenvalue weighted by Crippen LogP contribution is -2.39. The molecular formula is C12H20BrN3O2S. The maximum atomic E-state index is 12.3. The number of benzene rings is 1. The molecule has 0 saturated carbocycles. The smallest absolute Gasteiger partial charge is 0.241 e. The number of nitrogens with one attached hydrogen (secondary N) is 1. The van der Waals surface area contributed by atoms with Crippen LogP contribution in [0.15, 0.2) is 21.5 Å². The van der Waals surface area contributed by atoms with Crippen molar-refractivity contribution >= 4 is 31.6 Å². The van der Waals surface area contributed by atoms with E-state index < -0.39 is 10.0 Å². The van der Waals surface area contributed by atoms with E-state index in [1.807, 2.05) is 25.9 Å². The molecule has 0 heterocycles. The summed E-state index contributed by atoms with van der Waals surface area (Å²) in [6.45, 7) is 4.20. The first-order chi connectivity index (χ1) is 8.63. The van der Waals surface area contributed by atoms with E-state index in [9.17, 15) is 8.42 Å². The Morgan fingerprint density at radius 3 is 2.53 bits per heavy atom. The molecule has 0 saturated heterocycles. The van der Waals surface area contributed by atoms with Gasteiger partial charge in [0.25, 0.3) is 0 Å². The van der Waals surface area contributed by atoms with Crippen molar-refractivity contribution in [3.05, 3.63) is 22.2 Å². The number of nitrogen functional groups attached to an aromatic ring is 1. The number of hydrogen-bond acceptors (Lipinski definition) is 4. The topological polar surface area (TPSA) is 75.4 Å². The molecule has 0 radical (unpaired) electrons. The third-order valence-corrected chi connectivity index (χ3v) is 5.00. The summed E-state index contributed by atoms with van der Waals surface area (Å²) in [6, 6.07) is 3.01. The lowest BCUT2D eigenvalue weighted by Gasteiger charge is -2.19. The molecule has 1 aromatic rings. The molecule has 1 aromatic carbocycles. The molecule has 108 valence electrons. The van der Waals surface area contributed by atoms with E-state index in [0.717, 1.165) is 0 Å². The highest BCUT2D eigenvalue weighted by Crippen LogP contribution is 2.26. The number of sulfonamides is 1. The lowest BCUT2D eigenvalue weighted by molar-refractivity contribution is 0.370. The molecule has 1 unspecified atom stereocenters. The van der Waals surface area contributed by atoms with Crippen molar-refractivity contribution in [2.24, 2.45) is 0 Å². The molecular weight excluding hydrogens is 330 g/mol. The van der Waals surface area contributed by atoms with Crippen LogP contribution in [0.4, 0.5) is 5.69 Å². The van der Waals surface area contributed by atoms with Gasteiger partial charge in [0, 0.05) is 22.7 Å². The first-order valence-corrected chi connectivity index (χ1v) is 8.14. The highest BCUT2D eigenvalue weighted by Gasteiger charge is 2.20. The molecule has 0 fully saturated rings. The molecule has 1 rings (SSSR count). The normalized spacial score (nSPS) is 13.8. The number of hydrogen-bond donors (Lipinski definition) is 2. The molecule has 7 heteroatoms. The van der Waals surface area contributed by atoms with Crippen LogP contribution >= 0.6 is 15.9 Å². The van der Waals surface area contributed by atoms with Gasteiger partial charge >= 0.3 is 0 Å². The molecule has 0 amide bonds. The molecule has 0 aliphatic rings. The maximum absolute atomic E-state index is 12.3. The lowest BCUT2D eigenvalue weighted by atomic mass is 10.2. The summed E-state index contributed by atoms with van der Waals surface area (Å²) in [5.41, 5.74) is 6.82. The Hall–Kier alpha value is -0.630. The Morgan fingerprint density at radius 1 is 1.42 bits per heavy atom. The second-order valence-corrected chi connectivity index (χ2v) is 7.46. The van der Waals surface area contributed by atoms with Crippen LogP contribution in [-0.4, -0.2) is 40.0 Å². The summed E-state index contributed by atoms with van der Waals surface area (Å²) < 4.78 is 28.0. The molecule has 0 aliphatic heterocycles. The fraction of sp³-hybridized carbons (Fsp3) is 0.500. The molecule has 3 N–H and O–H groups in total. The van der Waals surface area contributed by atoms with Crippen LogP contribution in [0.2, 0.25) is 0 Å². The van der Waals surface area contributed by atoms with Crippen LogP contribution in [0, 0.1) is 6.92 Å². The molecule has 1 atom stereocenters. The van der Waals surface area contributed by atoms with Gasteiger partial charge in [-0.15, -0.1) is 0 Å². The maximum Gasteiger partial charge on any atom is 0.241 e. The zero-order valence-corrected chi connectivity index (χ0v) is 14.0. The van der Waals surface area contributed by atoms with Crippen LogP contribution in [0.1, 0.15) is 12.5 Å². The van der Waals surface area contributed by atoms with Crippen LogP contribution in [0.3, 0.4) is 0 Å². The van der Waals surface area contributed by atoms with Gasteiger partial charge in [0.1, 0.15) is 0 Å². The Morgan fingerprint density at radius 2 is 2.00 bits per heavy atom. The van der Waals surface area contributed by atoms with E-state index in [-0.39, 0.29) is 10.9 Å². The molecule has 0 bridgehead atoms. The fourth-order valence-corrected chi connectivity index (χ4v) is 3.83. The van der Waals surface area contributed by atoms with Crippen molar-refractivity contribution in [1.82, 2.24) is 9.62 Å². The van der Waals surface area contributed by atoms with Crippen LogP contribution < -0.4 is 10.5 Å². The summed E-state index contributed by atoms with van der Waals surface area (Å²) in [5.74, 6) is 0. The Balaban J connectivity index is 3.04. The average Bonchev–Trinajstić information content (AvgIpc) is 2.20. The average molecular weight is 350 g/mol. The highest BCUT2D eigenvalue weighted by molar-refractivity contribution is 9.10. The van der Waals surface area contributed by atoms with Gasteiger partial charge in [-0.2, -0.15) is 0 Å². The number of halogens is 1. The minimum atomic E-state index is -3.55. The van der Waals surface area contributed by atoms with Crippen molar-refractivity contribution < 1.29 is 8.42 Å². The minimum Gasteiger partial charge on any atom is -0.398 e. The van der Waals surface area contributed by atoms with E-state index in [1.165, 1.54) is 6.07 Å². The van der Waals surface area contributed by atoms with Crippen molar-refractivity contribution in [2.75, 3.05) is 26.4 Å². The van der Waals surface area contributed by atoms with Gasteiger partial charge in [0.15, 0.2) is 0 Å². The number of likely N-dealkylation sites (N-methyl/N-ethyl adjacent to an activating group) is 1. The third kappa shape index (κ3) is 4.45.